The van der Waals surface area contributed by atoms with Gasteiger partial charge in [-0.2, -0.15) is 0 Å². The number of rotatable bonds is 5. The highest BCUT2D eigenvalue weighted by Crippen LogP contribution is 2.27. The van der Waals surface area contributed by atoms with Crippen LogP contribution in [0, 0.1) is 0 Å². The lowest BCUT2D eigenvalue weighted by Crippen LogP contribution is -2.03. The number of aromatic carboxylic acids is 1. The number of carbonyl (C=O) groups is 1. The zero-order valence-electron chi connectivity index (χ0n) is 10.4. The van der Waals surface area contributed by atoms with E-state index in [1.54, 1.807) is 17.8 Å². The largest absolute Gasteiger partial charge is 0.488 e. The Morgan fingerprint density at radius 3 is 2.89 bits per heavy atom. The van der Waals surface area contributed by atoms with Gasteiger partial charge in [0.1, 0.15) is 18.1 Å². The number of benzene rings is 1. The molecule has 1 aromatic carbocycles. The van der Waals surface area contributed by atoms with E-state index in [9.17, 15) is 4.79 Å². The van der Waals surface area contributed by atoms with E-state index in [2.05, 4.69) is 4.98 Å². The normalized spacial score (nSPS) is 10.2. The second-order valence-electron chi connectivity index (χ2n) is 3.79. The van der Waals surface area contributed by atoms with E-state index in [-0.39, 0.29) is 5.69 Å². The number of carboxylic acid groups (broad SMARTS) is 1. The molecule has 98 valence electrons. The SMILES string of the molecule is CSc1ccccc1OCc1ccnc(C(=O)O)c1. The predicted octanol–water partition coefficient (Wildman–Crippen LogP) is 3.08. The smallest absolute Gasteiger partial charge is 0.354 e. The molecule has 4 nitrogen and oxygen atoms in total. The van der Waals surface area contributed by atoms with Gasteiger partial charge in [-0.25, -0.2) is 9.78 Å². The van der Waals surface area contributed by atoms with Crippen molar-refractivity contribution in [3.63, 3.8) is 0 Å². The quantitative estimate of drug-likeness (QED) is 0.850. The molecule has 0 radical (unpaired) electrons. The molecule has 1 aromatic heterocycles. The van der Waals surface area contributed by atoms with Crippen molar-refractivity contribution in [2.75, 3.05) is 6.26 Å². The number of ether oxygens (including phenoxy) is 1. The second kappa shape index (κ2) is 6.24. The van der Waals surface area contributed by atoms with Crippen LogP contribution in [0.15, 0.2) is 47.5 Å². The van der Waals surface area contributed by atoms with Crippen LogP contribution in [0.2, 0.25) is 0 Å². The third kappa shape index (κ3) is 3.48. The Morgan fingerprint density at radius 2 is 2.16 bits per heavy atom. The van der Waals surface area contributed by atoms with Gasteiger partial charge in [0.15, 0.2) is 0 Å². The van der Waals surface area contributed by atoms with Crippen molar-refractivity contribution in [1.82, 2.24) is 4.98 Å². The van der Waals surface area contributed by atoms with Gasteiger partial charge >= 0.3 is 5.97 Å². The van der Waals surface area contributed by atoms with Crippen LogP contribution in [0.3, 0.4) is 0 Å². The van der Waals surface area contributed by atoms with E-state index in [0.717, 1.165) is 16.2 Å². The minimum absolute atomic E-state index is 0.0271. The van der Waals surface area contributed by atoms with E-state index in [0.29, 0.717) is 6.61 Å². The van der Waals surface area contributed by atoms with Gasteiger partial charge in [0.05, 0.1) is 0 Å². The van der Waals surface area contributed by atoms with Crippen molar-refractivity contribution in [3.8, 4) is 5.75 Å². The Hall–Kier alpha value is -2.01. The summed E-state index contributed by atoms with van der Waals surface area (Å²) in [6.07, 6.45) is 3.46. The molecule has 5 heteroatoms. The Morgan fingerprint density at radius 1 is 1.37 bits per heavy atom. The molecule has 1 N–H and O–H groups in total. The first-order valence-electron chi connectivity index (χ1n) is 5.64. The molecule has 0 fully saturated rings. The predicted molar refractivity (Wildman–Crippen MR) is 73.8 cm³/mol. The van der Waals surface area contributed by atoms with Crippen LogP contribution in [-0.4, -0.2) is 22.3 Å². The molecule has 2 rings (SSSR count). The third-order valence-electron chi connectivity index (χ3n) is 2.51. The van der Waals surface area contributed by atoms with Crippen molar-refractivity contribution in [2.45, 2.75) is 11.5 Å². The summed E-state index contributed by atoms with van der Waals surface area (Å²) in [6, 6.07) is 11.0. The fraction of sp³-hybridized carbons (Fsp3) is 0.143. The summed E-state index contributed by atoms with van der Waals surface area (Å²) < 4.78 is 5.71. The van der Waals surface area contributed by atoms with Crippen LogP contribution in [0.25, 0.3) is 0 Å². The lowest BCUT2D eigenvalue weighted by Gasteiger charge is -2.09. The Balaban J connectivity index is 2.10. The van der Waals surface area contributed by atoms with Crippen molar-refractivity contribution < 1.29 is 14.6 Å². The summed E-state index contributed by atoms with van der Waals surface area (Å²) in [7, 11) is 0. The van der Waals surface area contributed by atoms with Crippen LogP contribution in [0.4, 0.5) is 0 Å². The third-order valence-corrected chi connectivity index (χ3v) is 3.28. The summed E-state index contributed by atoms with van der Waals surface area (Å²) in [6.45, 7) is 0.320. The molecule has 19 heavy (non-hydrogen) atoms. The highest BCUT2D eigenvalue weighted by atomic mass is 32.2. The Labute approximate surface area is 115 Å². The van der Waals surface area contributed by atoms with Crippen molar-refractivity contribution >= 4 is 17.7 Å². The highest BCUT2D eigenvalue weighted by Gasteiger charge is 2.06. The highest BCUT2D eigenvalue weighted by molar-refractivity contribution is 7.98. The number of aromatic nitrogens is 1. The monoisotopic (exact) mass is 275 g/mol. The van der Waals surface area contributed by atoms with E-state index in [1.807, 2.05) is 30.5 Å². The van der Waals surface area contributed by atoms with Gasteiger partial charge in [-0.1, -0.05) is 12.1 Å². The number of para-hydroxylation sites is 1. The van der Waals surface area contributed by atoms with Crippen LogP contribution in [-0.2, 0) is 6.61 Å². The van der Waals surface area contributed by atoms with Gasteiger partial charge < -0.3 is 9.84 Å². The second-order valence-corrected chi connectivity index (χ2v) is 4.64. The number of hydrogen-bond acceptors (Lipinski definition) is 4. The van der Waals surface area contributed by atoms with Crippen LogP contribution < -0.4 is 4.74 Å². The molecule has 0 saturated carbocycles. The van der Waals surface area contributed by atoms with Gasteiger partial charge in [0.25, 0.3) is 0 Å². The zero-order valence-corrected chi connectivity index (χ0v) is 11.2. The van der Waals surface area contributed by atoms with Gasteiger partial charge in [0, 0.05) is 11.1 Å². The van der Waals surface area contributed by atoms with Crippen LogP contribution in [0.5, 0.6) is 5.75 Å². The van der Waals surface area contributed by atoms with E-state index < -0.39 is 5.97 Å². The first-order valence-corrected chi connectivity index (χ1v) is 6.87. The molecule has 0 bridgehead atoms. The number of nitrogens with zero attached hydrogens (tertiary/aromatic N) is 1. The summed E-state index contributed by atoms with van der Waals surface area (Å²) in [4.78, 5) is 15.6. The maximum atomic E-state index is 10.8. The van der Waals surface area contributed by atoms with Gasteiger partial charge in [-0.3, -0.25) is 0 Å². The van der Waals surface area contributed by atoms with E-state index >= 15 is 0 Å². The van der Waals surface area contributed by atoms with Gasteiger partial charge in [-0.15, -0.1) is 11.8 Å². The Kier molecular flexibility index (Phi) is 4.41. The average molecular weight is 275 g/mol. The summed E-state index contributed by atoms with van der Waals surface area (Å²) in [5, 5.41) is 8.87. The molecule has 0 aliphatic carbocycles. The van der Waals surface area contributed by atoms with Crippen LogP contribution >= 0.6 is 11.8 Å². The molecule has 0 aliphatic rings. The van der Waals surface area contributed by atoms with Crippen molar-refractivity contribution in [2.24, 2.45) is 0 Å². The molecular weight excluding hydrogens is 262 g/mol. The topological polar surface area (TPSA) is 59.4 Å². The maximum Gasteiger partial charge on any atom is 0.354 e. The molecule has 0 aliphatic heterocycles. The number of hydrogen-bond donors (Lipinski definition) is 1. The van der Waals surface area contributed by atoms with Gasteiger partial charge in [0.2, 0.25) is 0 Å². The fourth-order valence-corrected chi connectivity index (χ4v) is 2.12. The fourth-order valence-electron chi connectivity index (χ4n) is 1.58. The molecule has 0 unspecified atom stereocenters. The Bertz CT molecular complexity index is 586. The molecule has 1 heterocycles. The number of carboxylic acids is 1. The van der Waals surface area contributed by atoms with Crippen molar-refractivity contribution in [3.05, 3.63) is 53.9 Å². The lowest BCUT2D eigenvalue weighted by atomic mass is 10.2. The lowest BCUT2D eigenvalue weighted by molar-refractivity contribution is 0.0690. The molecule has 2 aromatic rings. The maximum absolute atomic E-state index is 10.8. The summed E-state index contributed by atoms with van der Waals surface area (Å²) in [5.74, 6) is -0.241. The zero-order chi connectivity index (χ0) is 13.7. The average Bonchev–Trinajstić information content (AvgIpc) is 2.45. The first-order chi connectivity index (χ1) is 9.20. The van der Waals surface area contributed by atoms with Crippen molar-refractivity contribution in [1.29, 1.82) is 0 Å². The number of pyridine rings is 1. The molecule has 0 spiro atoms. The summed E-state index contributed by atoms with van der Waals surface area (Å²) >= 11 is 1.61. The van der Waals surface area contributed by atoms with Crippen LogP contribution in [0.1, 0.15) is 16.1 Å². The molecule has 0 atom stereocenters. The van der Waals surface area contributed by atoms with Gasteiger partial charge in [-0.05, 0) is 36.1 Å². The molecule has 0 amide bonds. The summed E-state index contributed by atoms with van der Waals surface area (Å²) in [5.41, 5.74) is 0.808. The number of thioether (sulfide) groups is 1. The van der Waals surface area contributed by atoms with E-state index in [4.69, 9.17) is 9.84 Å². The molecular formula is C14H13NO3S. The minimum atomic E-state index is -1.04. The molecule has 0 saturated heterocycles. The standard InChI is InChI=1S/C14H13NO3S/c1-19-13-5-3-2-4-12(13)18-9-10-6-7-15-11(8-10)14(16)17/h2-8H,9H2,1H3,(H,16,17). The first kappa shape index (κ1) is 13.4. The van der Waals surface area contributed by atoms with E-state index in [1.165, 1.54) is 12.3 Å². The minimum Gasteiger partial charge on any atom is -0.488 e.